The van der Waals surface area contributed by atoms with E-state index in [1.165, 1.54) is 27.2 Å². The van der Waals surface area contributed by atoms with Gasteiger partial charge >= 0.3 is 12.1 Å². The number of epoxide rings is 2. The molecule has 10 nitrogen and oxygen atoms in total. The van der Waals surface area contributed by atoms with Gasteiger partial charge in [0, 0.05) is 26.4 Å². The van der Waals surface area contributed by atoms with E-state index in [-0.39, 0.29) is 48.4 Å². The lowest BCUT2D eigenvalue weighted by Gasteiger charge is -2.44. The molecule has 196 valence electrons. The van der Waals surface area contributed by atoms with E-state index in [9.17, 15) is 19.5 Å². The first-order chi connectivity index (χ1) is 17.1. The molecule has 5 rings (SSSR count). The summed E-state index contributed by atoms with van der Waals surface area (Å²) >= 11 is 0. The third kappa shape index (κ3) is 4.25. The number of likely N-dealkylation sites (tertiary alicyclic amines) is 1. The number of ether oxygens (including phenoxy) is 4. The van der Waals surface area contributed by atoms with Crippen LogP contribution >= 0.6 is 0 Å². The molecule has 10 heteroatoms. The number of carboxylic acids is 1. The predicted octanol–water partition coefficient (Wildman–Crippen LogP) is 2.62. The van der Waals surface area contributed by atoms with Gasteiger partial charge in [-0.3, -0.25) is 4.79 Å². The Morgan fingerprint density at radius 2 is 2.03 bits per heavy atom. The molecule has 4 fully saturated rings. The predicted molar refractivity (Wildman–Crippen MR) is 128 cm³/mol. The zero-order valence-corrected chi connectivity index (χ0v) is 21.1. The number of pyridine rings is 1. The van der Waals surface area contributed by atoms with E-state index in [0.717, 1.165) is 12.8 Å². The van der Waals surface area contributed by atoms with Gasteiger partial charge in [0.1, 0.15) is 29.0 Å². The van der Waals surface area contributed by atoms with E-state index in [0.29, 0.717) is 13.0 Å². The van der Waals surface area contributed by atoms with Crippen LogP contribution in [0.4, 0.5) is 4.79 Å². The van der Waals surface area contributed by atoms with Gasteiger partial charge in [0.05, 0.1) is 24.7 Å². The van der Waals surface area contributed by atoms with Gasteiger partial charge in [0.15, 0.2) is 0 Å². The Bertz CT molecular complexity index is 1130. The molecular formula is C26H34N2O8. The van der Waals surface area contributed by atoms with Crippen molar-refractivity contribution in [1.29, 1.82) is 0 Å². The number of allylic oxidation sites excluding steroid dienone is 1. The lowest BCUT2D eigenvalue weighted by atomic mass is 9.68. The fraction of sp³-hybridized carbons (Fsp3) is 0.654. The van der Waals surface area contributed by atoms with E-state index >= 15 is 0 Å². The molecule has 0 bridgehead atoms. The molecule has 1 N–H and O–H groups in total. The lowest BCUT2D eigenvalue weighted by molar-refractivity contribution is -0.124. The molecule has 1 unspecified atom stereocenters. The molecule has 1 aromatic heterocycles. The third-order valence-corrected chi connectivity index (χ3v) is 8.21. The van der Waals surface area contributed by atoms with Crippen LogP contribution in [0.15, 0.2) is 34.8 Å². The number of hydrogen-bond donors (Lipinski definition) is 1. The van der Waals surface area contributed by atoms with Crippen LogP contribution in [-0.4, -0.2) is 83.0 Å². The Labute approximate surface area is 209 Å². The van der Waals surface area contributed by atoms with Gasteiger partial charge in [0.2, 0.25) is 0 Å². The largest absolute Gasteiger partial charge is 0.477 e. The molecule has 1 spiro atoms. The minimum absolute atomic E-state index is 0.0569. The van der Waals surface area contributed by atoms with Crippen LogP contribution in [-0.2, 0) is 18.9 Å². The molecule has 36 heavy (non-hydrogen) atoms. The standard InChI is InChI=1S/C26H34N2O8/c1-15(2)7-8-19-25(3,36-19)21-20(33-4)18(9-10-26(21)14-34-26)35-24(32)27-12-16(13-27)28-11-5-6-17(22(28)29)23(30)31/h5-7,11,16,18-21H,8-10,12-14H2,1-4H3,(H,30,31)/t18-,19?,20-,21-,25+,26+/m1/s1. The first kappa shape index (κ1) is 25.0. The number of aromatic nitrogens is 1. The highest BCUT2D eigenvalue weighted by Crippen LogP contribution is 2.59. The number of nitrogens with zero attached hydrogens (tertiary/aromatic N) is 2. The van der Waals surface area contributed by atoms with E-state index in [1.807, 2.05) is 0 Å². The highest BCUT2D eigenvalue weighted by Gasteiger charge is 2.72. The summed E-state index contributed by atoms with van der Waals surface area (Å²) < 4.78 is 25.4. The van der Waals surface area contributed by atoms with Crippen LogP contribution in [0, 0.1) is 5.92 Å². The summed E-state index contributed by atoms with van der Waals surface area (Å²) in [7, 11) is 1.64. The van der Waals surface area contributed by atoms with Crippen molar-refractivity contribution >= 4 is 12.1 Å². The number of amides is 1. The summed E-state index contributed by atoms with van der Waals surface area (Å²) in [6.45, 7) is 7.44. The van der Waals surface area contributed by atoms with Crippen LogP contribution in [0.25, 0.3) is 0 Å². The number of methoxy groups -OCH3 is 1. The maximum Gasteiger partial charge on any atom is 0.410 e. The molecule has 6 atom stereocenters. The van der Waals surface area contributed by atoms with Crippen LogP contribution < -0.4 is 5.56 Å². The zero-order valence-electron chi connectivity index (χ0n) is 21.1. The van der Waals surface area contributed by atoms with Crippen molar-refractivity contribution in [3.63, 3.8) is 0 Å². The molecule has 1 amide bonds. The fourth-order valence-electron chi connectivity index (χ4n) is 6.01. The summed E-state index contributed by atoms with van der Waals surface area (Å²) in [4.78, 5) is 38.2. The van der Waals surface area contributed by atoms with Gasteiger partial charge in [0.25, 0.3) is 5.56 Å². The molecule has 4 heterocycles. The Balaban J connectivity index is 1.24. The van der Waals surface area contributed by atoms with Crippen molar-refractivity contribution in [2.45, 2.75) is 75.6 Å². The minimum atomic E-state index is -1.27. The second kappa shape index (κ2) is 9.00. The summed E-state index contributed by atoms with van der Waals surface area (Å²) in [6, 6.07) is 2.51. The highest BCUT2D eigenvalue weighted by atomic mass is 16.6. The monoisotopic (exact) mass is 502 g/mol. The molecule has 1 aliphatic carbocycles. The highest BCUT2D eigenvalue weighted by molar-refractivity contribution is 5.87. The first-order valence-electron chi connectivity index (χ1n) is 12.5. The van der Waals surface area contributed by atoms with Crippen molar-refractivity contribution < 1.29 is 33.6 Å². The van der Waals surface area contributed by atoms with E-state index in [1.54, 1.807) is 13.3 Å². The van der Waals surface area contributed by atoms with E-state index < -0.39 is 29.3 Å². The average Bonchev–Trinajstić information content (AvgIpc) is 3.70. The van der Waals surface area contributed by atoms with Gasteiger partial charge in [-0.05, 0) is 52.2 Å². The SMILES string of the molecule is CO[C@@H]1[C@H](OC(=O)N2CC(n3cccc(C(=O)O)c3=O)C2)CC[C@]2(CO2)[C@H]1[C@@]1(C)OC1CC=C(C)C. The summed E-state index contributed by atoms with van der Waals surface area (Å²) in [6.07, 6.45) is 4.75. The molecule has 3 aliphatic heterocycles. The topological polar surface area (TPSA) is 123 Å². The number of hydrogen-bond acceptors (Lipinski definition) is 7. The Hall–Kier alpha value is -2.69. The van der Waals surface area contributed by atoms with Gasteiger partial charge in [-0.1, -0.05) is 11.6 Å². The second-order valence-corrected chi connectivity index (χ2v) is 10.8. The molecule has 3 saturated heterocycles. The number of carbonyl (C=O) groups is 2. The smallest absolute Gasteiger partial charge is 0.410 e. The van der Waals surface area contributed by atoms with Crippen molar-refractivity contribution in [2.75, 3.05) is 26.8 Å². The van der Waals surface area contributed by atoms with Crippen LogP contribution in [0.3, 0.4) is 0 Å². The van der Waals surface area contributed by atoms with E-state index in [2.05, 4.69) is 26.8 Å². The maximum atomic E-state index is 13.0. The van der Waals surface area contributed by atoms with Crippen LogP contribution in [0.1, 0.15) is 56.4 Å². The van der Waals surface area contributed by atoms with E-state index in [4.69, 9.17) is 18.9 Å². The van der Waals surface area contributed by atoms with Crippen molar-refractivity contribution in [1.82, 2.24) is 9.47 Å². The second-order valence-electron chi connectivity index (χ2n) is 10.8. The Morgan fingerprint density at radius 1 is 1.31 bits per heavy atom. The van der Waals surface area contributed by atoms with Crippen molar-refractivity contribution in [3.05, 3.63) is 45.9 Å². The molecule has 0 radical (unpaired) electrons. The molecule has 1 aromatic rings. The van der Waals surface area contributed by atoms with Crippen molar-refractivity contribution in [3.8, 4) is 0 Å². The maximum absolute atomic E-state index is 13.0. The molecular weight excluding hydrogens is 468 g/mol. The quantitative estimate of drug-likeness (QED) is 0.446. The number of rotatable bonds is 7. The normalized spacial score (nSPS) is 35.2. The average molecular weight is 503 g/mol. The number of aromatic carboxylic acids is 1. The summed E-state index contributed by atoms with van der Waals surface area (Å²) in [5.41, 5.74) is -0.325. The first-order valence-corrected chi connectivity index (χ1v) is 12.5. The molecule has 0 aromatic carbocycles. The summed E-state index contributed by atoms with van der Waals surface area (Å²) in [5.74, 6) is -1.32. The summed E-state index contributed by atoms with van der Waals surface area (Å²) in [5, 5.41) is 9.20. The Kier molecular flexibility index (Phi) is 6.25. The van der Waals surface area contributed by atoms with Gasteiger partial charge in [-0.25, -0.2) is 9.59 Å². The van der Waals surface area contributed by atoms with Gasteiger partial charge in [-0.2, -0.15) is 0 Å². The minimum Gasteiger partial charge on any atom is -0.477 e. The fourth-order valence-corrected chi connectivity index (χ4v) is 6.01. The molecule has 1 saturated carbocycles. The number of carboxylic acid groups (broad SMARTS) is 1. The van der Waals surface area contributed by atoms with Crippen LogP contribution in [0.2, 0.25) is 0 Å². The lowest BCUT2D eigenvalue weighted by Crippen LogP contribution is -2.58. The van der Waals surface area contributed by atoms with Crippen LogP contribution in [0.5, 0.6) is 0 Å². The van der Waals surface area contributed by atoms with Gasteiger partial charge in [-0.15, -0.1) is 0 Å². The zero-order chi connectivity index (χ0) is 25.8. The van der Waals surface area contributed by atoms with Gasteiger partial charge < -0.3 is 33.5 Å². The Morgan fingerprint density at radius 3 is 2.64 bits per heavy atom. The third-order valence-electron chi connectivity index (χ3n) is 8.21. The number of carbonyl (C=O) groups excluding carboxylic acids is 1. The van der Waals surface area contributed by atoms with Crippen molar-refractivity contribution in [2.24, 2.45) is 5.92 Å². The molecule has 4 aliphatic rings.